The second kappa shape index (κ2) is 9.35. The van der Waals surface area contributed by atoms with Crippen LogP contribution in [0.3, 0.4) is 0 Å². The summed E-state index contributed by atoms with van der Waals surface area (Å²) in [6.45, 7) is 9.25. The highest BCUT2D eigenvalue weighted by molar-refractivity contribution is 5.76. The lowest BCUT2D eigenvalue weighted by molar-refractivity contribution is -0.132. The molecular weight excluding hydrogens is 252 g/mol. The van der Waals surface area contributed by atoms with Crippen LogP contribution in [-0.4, -0.2) is 48.2 Å². The van der Waals surface area contributed by atoms with E-state index in [1.165, 1.54) is 12.8 Å². The Morgan fingerprint density at radius 3 is 2.75 bits per heavy atom. The van der Waals surface area contributed by atoms with Gasteiger partial charge in [0.05, 0.1) is 6.10 Å². The Hall–Kier alpha value is -0.610. The summed E-state index contributed by atoms with van der Waals surface area (Å²) >= 11 is 0. The fourth-order valence-electron chi connectivity index (χ4n) is 2.84. The Bertz CT molecular complexity index is 282. The van der Waals surface area contributed by atoms with Crippen molar-refractivity contribution in [2.45, 2.75) is 59.0 Å². The van der Waals surface area contributed by atoms with Crippen LogP contribution in [0.1, 0.15) is 52.9 Å². The lowest BCUT2D eigenvalue weighted by Crippen LogP contribution is -2.41. The summed E-state index contributed by atoms with van der Waals surface area (Å²) in [6, 6.07) is 0. The minimum Gasteiger partial charge on any atom is -0.390 e. The number of hydrogen-bond acceptors (Lipinski definition) is 3. The fraction of sp³-hybridized carbons (Fsp3) is 0.938. The molecule has 1 rings (SSSR count). The van der Waals surface area contributed by atoms with Crippen molar-refractivity contribution in [3.05, 3.63) is 0 Å². The molecule has 0 aliphatic carbocycles. The van der Waals surface area contributed by atoms with Gasteiger partial charge in [0.2, 0.25) is 5.91 Å². The van der Waals surface area contributed by atoms with Gasteiger partial charge >= 0.3 is 0 Å². The summed E-state index contributed by atoms with van der Waals surface area (Å²) < 4.78 is 0. The van der Waals surface area contributed by atoms with E-state index in [4.69, 9.17) is 0 Å². The molecular formula is C16H32N2O2. The molecule has 20 heavy (non-hydrogen) atoms. The zero-order valence-corrected chi connectivity index (χ0v) is 13.4. The molecule has 4 nitrogen and oxygen atoms in total. The second-order valence-electron chi connectivity index (χ2n) is 6.53. The monoisotopic (exact) mass is 284 g/mol. The van der Waals surface area contributed by atoms with Gasteiger partial charge in [-0.3, -0.25) is 4.79 Å². The van der Waals surface area contributed by atoms with E-state index in [9.17, 15) is 9.90 Å². The first kappa shape index (κ1) is 17.4. The summed E-state index contributed by atoms with van der Waals surface area (Å²) in [6.07, 6.45) is 4.72. The van der Waals surface area contributed by atoms with E-state index in [-0.39, 0.29) is 5.91 Å². The number of aliphatic hydroxyl groups excluding tert-OH is 1. The van der Waals surface area contributed by atoms with Crippen molar-refractivity contribution in [1.82, 2.24) is 10.2 Å². The van der Waals surface area contributed by atoms with E-state index in [1.54, 1.807) is 0 Å². The molecule has 1 aliphatic rings. The zero-order valence-electron chi connectivity index (χ0n) is 13.4. The van der Waals surface area contributed by atoms with E-state index in [0.29, 0.717) is 31.3 Å². The third-order valence-electron chi connectivity index (χ3n) is 3.99. The Morgan fingerprint density at radius 1 is 1.35 bits per heavy atom. The topological polar surface area (TPSA) is 52.6 Å². The van der Waals surface area contributed by atoms with Crippen LogP contribution in [0.4, 0.5) is 0 Å². The van der Waals surface area contributed by atoms with Gasteiger partial charge in [0.15, 0.2) is 0 Å². The van der Waals surface area contributed by atoms with Crippen LogP contribution in [0.5, 0.6) is 0 Å². The third-order valence-corrected chi connectivity index (χ3v) is 3.99. The Morgan fingerprint density at radius 2 is 2.10 bits per heavy atom. The minimum absolute atomic E-state index is 0.214. The molecule has 0 aromatic heterocycles. The van der Waals surface area contributed by atoms with Crippen molar-refractivity contribution in [2.75, 3.05) is 26.2 Å². The molecule has 4 heteroatoms. The molecule has 1 heterocycles. The number of rotatable bonds is 8. The molecule has 0 bridgehead atoms. The molecule has 2 atom stereocenters. The maximum atomic E-state index is 12.1. The molecule has 0 saturated carbocycles. The van der Waals surface area contributed by atoms with E-state index >= 15 is 0 Å². The van der Waals surface area contributed by atoms with Gasteiger partial charge in [-0.05, 0) is 31.2 Å². The number of nitrogens with zero attached hydrogens (tertiary/aromatic N) is 1. The van der Waals surface area contributed by atoms with Crippen LogP contribution in [0, 0.1) is 11.8 Å². The number of hydrogen-bond donors (Lipinski definition) is 2. The van der Waals surface area contributed by atoms with Crippen molar-refractivity contribution in [1.29, 1.82) is 0 Å². The third kappa shape index (κ3) is 6.71. The number of β-amino-alcohol motifs (C(OH)–C–C–N with tert-alkyl or cyclic N) is 1. The van der Waals surface area contributed by atoms with Crippen molar-refractivity contribution in [3.63, 3.8) is 0 Å². The van der Waals surface area contributed by atoms with Crippen LogP contribution in [0.2, 0.25) is 0 Å². The number of carbonyl (C=O) groups excluding carboxylic acids is 1. The number of amides is 1. The highest BCUT2D eigenvalue weighted by Crippen LogP contribution is 2.22. The Balaban J connectivity index is 2.32. The molecule has 1 aliphatic heterocycles. The van der Waals surface area contributed by atoms with E-state index in [1.807, 2.05) is 4.90 Å². The van der Waals surface area contributed by atoms with Crippen LogP contribution < -0.4 is 5.32 Å². The summed E-state index contributed by atoms with van der Waals surface area (Å²) in [5, 5.41) is 13.3. The predicted molar refractivity (Wildman–Crippen MR) is 82.5 cm³/mol. The molecule has 0 aromatic carbocycles. The van der Waals surface area contributed by atoms with E-state index in [0.717, 1.165) is 25.9 Å². The van der Waals surface area contributed by atoms with Gasteiger partial charge in [-0.25, -0.2) is 0 Å². The number of aliphatic hydroxyl groups is 1. The van der Waals surface area contributed by atoms with E-state index in [2.05, 4.69) is 26.1 Å². The fourth-order valence-corrected chi connectivity index (χ4v) is 2.84. The number of likely N-dealkylation sites (tertiary alicyclic amines) is 1. The number of carbonyl (C=O) groups is 1. The molecule has 2 N–H and O–H groups in total. The first-order chi connectivity index (χ1) is 9.52. The zero-order chi connectivity index (χ0) is 15.0. The molecule has 0 radical (unpaired) electrons. The lowest BCUT2D eigenvalue weighted by Gasteiger charge is -2.24. The molecule has 1 fully saturated rings. The molecule has 1 amide bonds. The summed E-state index contributed by atoms with van der Waals surface area (Å²) in [4.78, 5) is 13.9. The highest BCUT2D eigenvalue weighted by atomic mass is 16.3. The first-order valence-electron chi connectivity index (χ1n) is 8.19. The molecule has 0 spiro atoms. The first-order valence-corrected chi connectivity index (χ1v) is 8.19. The maximum Gasteiger partial charge on any atom is 0.222 e. The standard InChI is InChI=1S/C16H32N2O2/c1-4-5-14-6-7-16(20)18(9-8-14)12-15(19)11-17-10-13(2)3/h13-15,17,19H,4-12H2,1-3H3. The summed E-state index contributed by atoms with van der Waals surface area (Å²) in [5.74, 6) is 1.48. The maximum absolute atomic E-state index is 12.1. The summed E-state index contributed by atoms with van der Waals surface area (Å²) in [7, 11) is 0. The lowest BCUT2D eigenvalue weighted by atomic mass is 9.96. The SMILES string of the molecule is CCCC1CCC(=O)N(CC(O)CNCC(C)C)CC1. The van der Waals surface area contributed by atoms with Gasteiger partial charge in [-0.15, -0.1) is 0 Å². The minimum atomic E-state index is -0.458. The van der Waals surface area contributed by atoms with Crippen molar-refractivity contribution < 1.29 is 9.90 Å². The van der Waals surface area contributed by atoms with Gasteiger partial charge in [-0.2, -0.15) is 0 Å². The highest BCUT2D eigenvalue weighted by Gasteiger charge is 2.23. The van der Waals surface area contributed by atoms with Crippen LogP contribution in [0.25, 0.3) is 0 Å². The average molecular weight is 284 g/mol. The largest absolute Gasteiger partial charge is 0.390 e. The molecule has 1 saturated heterocycles. The van der Waals surface area contributed by atoms with Gasteiger partial charge in [0.1, 0.15) is 0 Å². The quantitative estimate of drug-likeness (QED) is 0.717. The van der Waals surface area contributed by atoms with Crippen molar-refractivity contribution in [3.8, 4) is 0 Å². The second-order valence-corrected chi connectivity index (χ2v) is 6.53. The van der Waals surface area contributed by atoms with Crippen molar-refractivity contribution in [2.24, 2.45) is 11.8 Å². The smallest absolute Gasteiger partial charge is 0.222 e. The Labute approximate surface area is 123 Å². The summed E-state index contributed by atoms with van der Waals surface area (Å²) in [5.41, 5.74) is 0. The van der Waals surface area contributed by atoms with Gasteiger partial charge in [-0.1, -0.05) is 33.6 Å². The van der Waals surface area contributed by atoms with Crippen molar-refractivity contribution >= 4 is 5.91 Å². The number of nitrogens with one attached hydrogen (secondary N) is 1. The van der Waals surface area contributed by atoms with E-state index < -0.39 is 6.10 Å². The van der Waals surface area contributed by atoms with Crippen LogP contribution in [-0.2, 0) is 4.79 Å². The van der Waals surface area contributed by atoms with Gasteiger partial charge in [0.25, 0.3) is 0 Å². The van der Waals surface area contributed by atoms with Crippen LogP contribution in [0.15, 0.2) is 0 Å². The molecule has 0 aromatic rings. The molecule has 118 valence electrons. The van der Waals surface area contributed by atoms with Gasteiger partial charge < -0.3 is 15.3 Å². The average Bonchev–Trinajstić information content (AvgIpc) is 2.54. The van der Waals surface area contributed by atoms with Gasteiger partial charge in [0, 0.05) is 26.1 Å². The Kier molecular flexibility index (Phi) is 8.15. The van der Waals surface area contributed by atoms with Crippen LogP contribution >= 0.6 is 0 Å². The normalized spacial score (nSPS) is 22.1. The predicted octanol–water partition coefficient (Wildman–Crippen LogP) is 2.02. The molecule has 2 unspecified atom stereocenters.